The molecule has 5 atom stereocenters. The van der Waals surface area contributed by atoms with Gasteiger partial charge in [0.1, 0.15) is 0 Å². The van der Waals surface area contributed by atoms with Crippen LogP contribution in [0.2, 0.25) is 0 Å². The van der Waals surface area contributed by atoms with Gasteiger partial charge in [-0.2, -0.15) is 0 Å². The van der Waals surface area contributed by atoms with Gasteiger partial charge in [-0.3, -0.25) is 0 Å². The molecular formula is C103H86N2. The molecule has 18 rings (SSSR count). The summed E-state index contributed by atoms with van der Waals surface area (Å²) in [4.78, 5) is 5.32. The van der Waals surface area contributed by atoms with E-state index >= 15 is 0 Å². The number of fused-ring (bicyclic) bond motifs is 9. The molecule has 0 fully saturated rings. The standard InChI is InChI=1S/C103H86N2/c1-6-10-28-72-48-55-89-91(65-72)83(59-62-100(89)104(98-44-26-32-74-30-18-20-38-81(74)98)79-53-57-87-85-40-22-24-42-94(85)102(96(87)67-79,76-34-14-12-15-35-76)78-51-46-70(8-3)47-52-78)84-60-63-101(90-56-49-73(29-11-7-2)66-92(84)90)105(99-45-27-33-75-31-19-21-39-82(75)99)80-54-58-88-86-41-23-25-43-95(86)103(97(88)68-80,77-36-16-13-17-37-77)93-61-50-71(9-4)64-69(93)5/h8-9,12-27,30-66,68-69,79,93H,3-4,6-7,10-11,28-29,67H2,1-2,5H3. The molecule has 0 N–H and O–H groups in total. The molecule has 4 aliphatic rings. The van der Waals surface area contributed by atoms with Crippen LogP contribution >= 0.6 is 0 Å². The largest absolute Gasteiger partial charge is 0.333 e. The number of anilines is 5. The van der Waals surface area contributed by atoms with Crippen molar-refractivity contribution < 1.29 is 0 Å². The van der Waals surface area contributed by atoms with Crippen molar-refractivity contribution in [1.29, 1.82) is 0 Å². The van der Waals surface area contributed by atoms with Crippen molar-refractivity contribution in [2.24, 2.45) is 11.8 Å². The lowest BCUT2D eigenvalue weighted by atomic mass is 9.59. The first-order chi connectivity index (χ1) is 51.8. The first kappa shape index (κ1) is 65.2. The molecule has 2 heteroatoms. The third-order valence-corrected chi connectivity index (χ3v) is 23.8. The van der Waals surface area contributed by atoms with Gasteiger partial charge < -0.3 is 9.80 Å². The molecule has 0 amide bonds. The number of rotatable bonds is 19. The summed E-state index contributed by atoms with van der Waals surface area (Å²) in [5.74, 6) is 0.316. The van der Waals surface area contributed by atoms with Crippen molar-refractivity contribution >= 4 is 83.2 Å². The molecule has 0 saturated heterocycles. The predicted molar refractivity (Wildman–Crippen MR) is 448 cm³/mol. The average Bonchev–Trinajstić information content (AvgIpc) is 1.57. The predicted octanol–water partition coefficient (Wildman–Crippen LogP) is 27.3. The zero-order valence-corrected chi connectivity index (χ0v) is 60.3. The molecule has 14 aromatic carbocycles. The third kappa shape index (κ3) is 10.7. The van der Waals surface area contributed by atoms with Crippen LogP contribution in [0.1, 0.15) is 109 Å². The van der Waals surface area contributed by atoms with Crippen LogP contribution in [0.4, 0.5) is 28.4 Å². The number of nitrogens with zero attached hydrogens (tertiary/aromatic N) is 2. The van der Waals surface area contributed by atoms with Crippen LogP contribution in [0.3, 0.4) is 0 Å². The molecule has 105 heavy (non-hydrogen) atoms. The van der Waals surface area contributed by atoms with Crippen molar-refractivity contribution in [2.75, 3.05) is 9.80 Å². The second-order valence-electron chi connectivity index (χ2n) is 29.5. The van der Waals surface area contributed by atoms with E-state index in [4.69, 9.17) is 0 Å². The summed E-state index contributed by atoms with van der Waals surface area (Å²) in [7, 11) is 0. The molecule has 0 bridgehead atoms. The van der Waals surface area contributed by atoms with Crippen molar-refractivity contribution in [3.63, 3.8) is 0 Å². The highest BCUT2D eigenvalue weighted by Gasteiger charge is 2.52. The van der Waals surface area contributed by atoms with E-state index in [1.54, 1.807) is 0 Å². The maximum absolute atomic E-state index is 4.24. The van der Waals surface area contributed by atoms with E-state index in [2.05, 4.69) is 371 Å². The molecule has 0 aromatic heterocycles. The Kier molecular flexibility index (Phi) is 16.8. The zero-order valence-electron chi connectivity index (χ0n) is 60.3. The highest BCUT2D eigenvalue weighted by Crippen LogP contribution is 2.62. The maximum atomic E-state index is 4.24. The molecule has 0 aliphatic heterocycles. The Morgan fingerprint density at radius 1 is 0.410 bits per heavy atom. The Morgan fingerprint density at radius 3 is 1.60 bits per heavy atom. The van der Waals surface area contributed by atoms with E-state index in [0.29, 0.717) is 0 Å². The van der Waals surface area contributed by atoms with E-state index in [1.165, 1.54) is 144 Å². The lowest BCUT2D eigenvalue weighted by Gasteiger charge is -2.43. The number of unbranched alkanes of at least 4 members (excludes halogenated alkanes) is 2. The Hall–Kier alpha value is -11.8. The SMILES string of the molecule is C=CC1=CC(C)C(C2(c3ccccc3)c3ccccc3-c3ccc(N(c4cccc5ccccc45)c4ccc(-c5ccc(N(c6cccc7ccccc67)C6C=CC7=C(C6)C(c6ccccc6)(c6ccc(C=C)cc6)c6ccccc67)c6ccc(CCCC)cc56)c5cc(CCCC)ccc45)cc32)C=C1. The normalized spacial score (nSPS) is 18.4. The van der Waals surface area contributed by atoms with Crippen LogP contribution in [0.25, 0.3) is 77.0 Å². The summed E-state index contributed by atoms with van der Waals surface area (Å²) in [6.07, 6.45) is 23.4. The van der Waals surface area contributed by atoms with Crippen LogP contribution in [-0.4, -0.2) is 6.04 Å². The molecule has 2 nitrogen and oxygen atoms in total. The minimum absolute atomic E-state index is 0.0785. The fourth-order valence-corrected chi connectivity index (χ4v) is 19.0. The summed E-state index contributed by atoms with van der Waals surface area (Å²) < 4.78 is 0. The van der Waals surface area contributed by atoms with Crippen LogP contribution in [0.5, 0.6) is 0 Å². The quantitative estimate of drug-likeness (QED) is 0.0796. The van der Waals surface area contributed by atoms with Gasteiger partial charge in [0.15, 0.2) is 0 Å². The minimum Gasteiger partial charge on any atom is -0.333 e. The minimum atomic E-state index is -0.550. The van der Waals surface area contributed by atoms with Crippen molar-refractivity contribution in [3.05, 3.63) is 414 Å². The summed E-state index contributed by atoms with van der Waals surface area (Å²) in [5.41, 5.74) is 26.6. The molecule has 5 unspecified atom stereocenters. The van der Waals surface area contributed by atoms with Crippen LogP contribution < -0.4 is 9.80 Å². The second kappa shape index (κ2) is 27.1. The lowest BCUT2D eigenvalue weighted by molar-refractivity contribution is 0.373. The summed E-state index contributed by atoms with van der Waals surface area (Å²) in [5, 5.41) is 9.79. The number of allylic oxidation sites excluding steroid dienone is 7. The molecule has 14 aromatic rings. The maximum Gasteiger partial charge on any atom is 0.0677 e. The number of hydrogen-bond acceptors (Lipinski definition) is 2. The van der Waals surface area contributed by atoms with Crippen molar-refractivity contribution in [3.8, 4) is 22.3 Å². The van der Waals surface area contributed by atoms with Gasteiger partial charge in [0.05, 0.1) is 28.2 Å². The van der Waals surface area contributed by atoms with Gasteiger partial charge in [0.2, 0.25) is 0 Å². The Bertz CT molecular complexity index is 5870. The highest BCUT2D eigenvalue weighted by atomic mass is 15.2. The van der Waals surface area contributed by atoms with E-state index < -0.39 is 10.8 Å². The van der Waals surface area contributed by atoms with Gasteiger partial charge in [0, 0.05) is 44.5 Å². The molecule has 0 radical (unpaired) electrons. The van der Waals surface area contributed by atoms with Gasteiger partial charge in [-0.15, -0.1) is 0 Å². The van der Waals surface area contributed by atoms with E-state index in [1.807, 2.05) is 12.2 Å². The fraction of sp³-hybridized carbons (Fsp3) is 0.146. The summed E-state index contributed by atoms with van der Waals surface area (Å²) in [6.45, 7) is 15.4. The smallest absolute Gasteiger partial charge is 0.0677 e. The highest BCUT2D eigenvalue weighted by molar-refractivity contribution is 6.15. The fourth-order valence-electron chi connectivity index (χ4n) is 19.0. The van der Waals surface area contributed by atoms with Gasteiger partial charge in [-0.25, -0.2) is 0 Å². The summed E-state index contributed by atoms with van der Waals surface area (Å²) >= 11 is 0. The Morgan fingerprint density at radius 2 is 0.943 bits per heavy atom. The monoisotopic (exact) mass is 1350 g/mol. The first-order valence-electron chi connectivity index (χ1n) is 38.1. The molecule has 508 valence electrons. The zero-order chi connectivity index (χ0) is 70.8. The number of benzene rings is 14. The van der Waals surface area contributed by atoms with Crippen LogP contribution in [0, 0.1) is 11.8 Å². The van der Waals surface area contributed by atoms with Crippen LogP contribution in [0.15, 0.2) is 358 Å². The molecule has 0 saturated carbocycles. The lowest BCUT2D eigenvalue weighted by Crippen LogP contribution is -2.39. The van der Waals surface area contributed by atoms with Crippen molar-refractivity contribution in [2.45, 2.75) is 82.6 Å². The molecule has 0 heterocycles. The van der Waals surface area contributed by atoms with E-state index in [-0.39, 0.29) is 17.9 Å². The van der Waals surface area contributed by atoms with Crippen LogP contribution in [-0.2, 0) is 23.7 Å². The van der Waals surface area contributed by atoms with Crippen molar-refractivity contribution in [1.82, 2.24) is 0 Å². The Labute approximate surface area is 619 Å². The average molecular weight is 1350 g/mol. The Balaban J connectivity index is 0.855. The van der Waals surface area contributed by atoms with Gasteiger partial charge in [-0.1, -0.05) is 350 Å². The summed E-state index contributed by atoms with van der Waals surface area (Å²) in [6, 6.07) is 114. The van der Waals surface area contributed by atoms with Gasteiger partial charge >= 0.3 is 0 Å². The number of hydrogen-bond donors (Lipinski definition) is 0. The number of aryl methyl sites for hydroxylation is 2. The van der Waals surface area contributed by atoms with Gasteiger partial charge in [-0.05, 0) is 191 Å². The van der Waals surface area contributed by atoms with E-state index in [9.17, 15) is 0 Å². The molecule has 4 aliphatic carbocycles. The molecule has 0 spiro atoms. The first-order valence-corrected chi connectivity index (χ1v) is 38.1. The van der Waals surface area contributed by atoms with E-state index in [0.717, 1.165) is 67.6 Å². The third-order valence-electron chi connectivity index (χ3n) is 23.8. The topological polar surface area (TPSA) is 6.48 Å². The second-order valence-corrected chi connectivity index (χ2v) is 29.5. The van der Waals surface area contributed by atoms with Gasteiger partial charge in [0.25, 0.3) is 0 Å². The molecular weight excluding hydrogens is 1270 g/mol.